The lowest BCUT2D eigenvalue weighted by Crippen LogP contribution is -1.94. The van der Waals surface area contributed by atoms with Crippen LogP contribution in [0.4, 0.5) is 0 Å². The van der Waals surface area contributed by atoms with Crippen molar-refractivity contribution in [2.24, 2.45) is 5.92 Å². The van der Waals surface area contributed by atoms with Gasteiger partial charge in [-0.1, -0.05) is 59.8 Å². The minimum absolute atomic E-state index is 0.573. The molecule has 0 saturated heterocycles. The molecular weight excluding hydrogens is 180 g/mol. The molecule has 15 heavy (non-hydrogen) atoms. The Balaban J connectivity index is 2.47. The molecule has 0 N–H and O–H groups in total. The maximum absolute atomic E-state index is 2.29. The zero-order valence-electron chi connectivity index (χ0n) is 9.90. The molecule has 0 aromatic rings. The highest BCUT2D eigenvalue weighted by Crippen LogP contribution is 2.17. The van der Waals surface area contributed by atoms with Crippen molar-refractivity contribution in [1.29, 1.82) is 0 Å². The third-order valence-corrected chi connectivity index (χ3v) is 2.47. The smallest absolute Gasteiger partial charge is 0.00124 e. The Labute approximate surface area is 93.4 Å². The predicted octanol–water partition coefficient (Wildman–Crippen LogP) is 4.59. The monoisotopic (exact) mass is 200 g/mol. The summed E-state index contributed by atoms with van der Waals surface area (Å²) >= 11 is 0. The predicted molar refractivity (Wildman–Crippen MR) is 68.7 cm³/mol. The normalized spacial score (nSPS) is 22.7. The molecule has 0 aliphatic heterocycles. The van der Waals surface area contributed by atoms with Gasteiger partial charge in [0, 0.05) is 0 Å². The van der Waals surface area contributed by atoms with Crippen LogP contribution >= 0.6 is 0 Å². The van der Waals surface area contributed by atoms with Gasteiger partial charge in [0.2, 0.25) is 0 Å². The van der Waals surface area contributed by atoms with Crippen molar-refractivity contribution in [3.63, 3.8) is 0 Å². The Morgan fingerprint density at radius 3 is 2.87 bits per heavy atom. The Bertz CT molecular complexity index is 335. The van der Waals surface area contributed by atoms with Gasteiger partial charge < -0.3 is 0 Å². The molecule has 0 nitrogen and oxygen atoms in total. The van der Waals surface area contributed by atoms with Crippen molar-refractivity contribution in [1.82, 2.24) is 0 Å². The Hall–Kier alpha value is -1.30. The highest BCUT2D eigenvalue weighted by atomic mass is 14.1. The van der Waals surface area contributed by atoms with Crippen LogP contribution in [0.3, 0.4) is 0 Å². The fourth-order valence-electron chi connectivity index (χ4n) is 1.56. The molecule has 0 fully saturated rings. The first-order valence-electron chi connectivity index (χ1n) is 5.55. The molecule has 0 aromatic heterocycles. The quantitative estimate of drug-likeness (QED) is 0.585. The lowest BCUT2D eigenvalue weighted by Gasteiger charge is -2.09. The Morgan fingerprint density at radius 2 is 2.27 bits per heavy atom. The minimum atomic E-state index is 0.573. The van der Waals surface area contributed by atoms with Gasteiger partial charge in [0.05, 0.1) is 0 Å². The van der Waals surface area contributed by atoms with E-state index in [2.05, 4.69) is 62.5 Å². The van der Waals surface area contributed by atoms with E-state index in [1.807, 2.05) is 6.92 Å². The summed E-state index contributed by atoms with van der Waals surface area (Å²) in [7, 11) is 0. The van der Waals surface area contributed by atoms with Crippen LogP contribution in [0, 0.1) is 5.92 Å². The molecule has 0 bridgehead atoms. The highest BCUT2D eigenvalue weighted by molar-refractivity contribution is 5.26. The van der Waals surface area contributed by atoms with Crippen LogP contribution < -0.4 is 0 Å². The summed E-state index contributed by atoms with van der Waals surface area (Å²) in [5.74, 6) is 0.573. The zero-order valence-corrected chi connectivity index (χ0v) is 9.90. The van der Waals surface area contributed by atoms with Crippen LogP contribution in [-0.2, 0) is 0 Å². The first-order chi connectivity index (χ1) is 7.22. The molecule has 1 rings (SSSR count). The second-order valence-corrected chi connectivity index (χ2v) is 4.00. The summed E-state index contributed by atoms with van der Waals surface area (Å²) in [5, 5.41) is 0. The van der Waals surface area contributed by atoms with E-state index in [1.165, 1.54) is 11.1 Å². The van der Waals surface area contributed by atoms with Gasteiger partial charge in [-0.3, -0.25) is 0 Å². The topological polar surface area (TPSA) is 0 Å². The maximum atomic E-state index is 2.29. The lowest BCUT2D eigenvalue weighted by atomic mass is 9.97. The van der Waals surface area contributed by atoms with E-state index < -0.39 is 0 Å². The summed E-state index contributed by atoms with van der Waals surface area (Å²) in [4.78, 5) is 0. The Kier molecular flexibility index (Phi) is 4.89. The van der Waals surface area contributed by atoms with Crippen molar-refractivity contribution in [3.05, 3.63) is 59.8 Å². The van der Waals surface area contributed by atoms with Crippen molar-refractivity contribution < 1.29 is 0 Å². The van der Waals surface area contributed by atoms with Gasteiger partial charge in [-0.2, -0.15) is 0 Å². The van der Waals surface area contributed by atoms with Gasteiger partial charge in [-0.25, -0.2) is 0 Å². The van der Waals surface area contributed by atoms with Crippen molar-refractivity contribution in [2.45, 2.75) is 27.2 Å². The van der Waals surface area contributed by atoms with E-state index in [9.17, 15) is 0 Å². The molecule has 0 saturated carbocycles. The van der Waals surface area contributed by atoms with E-state index in [0.29, 0.717) is 5.92 Å². The molecule has 0 heterocycles. The first kappa shape index (κ1) is 11.8. The molecule has 1 unspecified atom stereocenters. The molecule has 0 heteroatoms. The van der Waals surface area contributed by atoms with Crippen LogP contribution in [0.2, 0.25) is 0 Å². The zero-order chi connectivity index (χ0) is 11.1. The van der Waals surface area contributed by atoms with E-state index in [1.54, 1.807) is 0 Å². The van der Waals surface area contributed by atoms with Crippen LogP contribution in [0.5, 0.6) is 0 Å². The van der Waals surface area contributed by atoms with Gasteiger partial charge in [-0.05, 0) is 33.1 Å². The van der Waals surface area contributed by atoms with Gasteiger partial charge in [0.1, 0.15) is 0 Å². The maximum Gasteiger partial charge on any atom is -0.00124 e. The molecule has 0 spiro atoms. The molecule has 0 aromatic carbocycles. The second-order valence-electron chi connectivity index (χ2n) is 4.00. The van der Waals surface area contributed by atoms with Crippen LogP contribution in [0.1, 0.15) is 27.2 Å². The van der Waals surface area contributed by atoms with E-state index >= 15 is 0 Å². The summed E-state index contributed by atoms with van der Waals surface area (Å²) < 4.78 is 0. The summed E-state index contributed by atoms with van der Waals surface area (Å²) in [6.07, 6.45) is 18.6. The fraction of sp³-hybridized carbons (Fsp3) is 0.333. The number of rotatable bonds is 3. The largest absolute Gasteiger partial charge is 0.0874 e. The standard InChI is InChI=1S/C15H20/c1-4-6-13(2)7-5-8-15-11-9-14(3)10-12-15/h4-11,15H,12H2,1-3H3/b6-4-,8-5+,13-7-. The number of allylic oxidation sites excluding steroid dienone is 10. The molecule has 1 aliphatic carbocycles. The lowest BCUT2D eigenvalue weighted by molar-refractivity contribution is 0.814. The summed E-state index contributed by atoms with van der Waals surface area (Å²) in [6.45, 7) is 6.30. The second kappa shape index (κ2) is 6.23. The van der Waals surface area contributed by atoms with Gasteiger partial charge in [0.25, 0.3) is 0 Å². The Morgan fingerprint density at radius 1 is 1.47 bits per heavy atom. The van der Waals surface area contributed by atoms with Gasteiger partial charge in [0.15, 0.2) is 0 Å². The minimum Gasteiger partial charge on any atom is -0.0874 e. The van der Waals surface area contributed by atoms with E-state index in [4.69, 9.17) is 0 Å². The van der Waals surface area contributed by atoms with Crippen molar-refractivity contribution >= 4 is 0 Å². The molecule has 0 radical (unpaired) electrons. The molecule has 1 aliphatic rings. The van der Waals surface area contributed by atoms with Crippen LogP contribution in [-0.4, -0.2) is 0 Å². The molecular formula is C15H20. The summed E-state index contributed by atoms with van der Waals surface area (Å²) in [6, 6.07) is 0. The van der Waals surface area contributed by atoms with Crippen molar-refractivity contribution in [3.8, 4) is 0 Å². The highest BCUT2D eigenvalue weighted by Gasteiger charge is 2.01. The van der Waals surface area contributed by atoms with E-state index in [0.717, 1.165) is 6.42 Å². The molecule has 80 valence electrons. The SMILES string of the molecule is C\C=C/C(C)=C\C=C\C1C=CC(C)=CC1. The van der Waals surface area contributed by atoms with Gasteiger partial charge >= 0.3 is 0 Å². The third-order valence-electron chi connectivity index (χ3n) is 2.47. The first-order valence-corrected chi connectivity index (χ1v) is 5.55. The van der Waals surface area contributed by atoms with Gasteiger partial charge in [-0.15, -0.1) is 0 Å². The third kappa shape index (κ3) is 4.64. The van der Waals surface area contributed by atoms with Crippen LogP contribution in [0.15, 0.2) is 59.8 Å². The number of hydrogen-bond donors (Lipinski definition) is 0. The summed E-state index contributed by atoms with van der Waals surface area (Å²) in [5.41, 5.74) is 2.67. The fourth-order valence-corrected chi connectivity index (χ4v) is 1.56. The molecule has 1 atom stereocenters. The van der Waals surface area contributed by atoms with Crippen LogP contribution in [0.25, 0.3) is 0 Å². The average molecular weight is 200 g/mol. The number of hydrogen-bond acceptors (Lipinski definition) is 0. The molecule has 0 amide bonds. The van der Waals surface area contributed by atoms with E-state index in [-0.39, 0.29) is 0 Å². The average Bonchev–Trinajstić information content (AvgIpc) is 2.21. The van der Waals surface area contributed by atoms with Crippen molar-refractivity contribution in [2.75, 3.05) is 0 Å².